The lowest BCUT2D eigenvalue weighted by atomic mass is 9.99. The zero-order valence-electron chi connectivity index (χ0n) is 18.0. The first-order chi connectivity index (χ1) is 14.5. The molecule has 0 unspecified atom stereocenters. The van der Waals surface area contributed by atoms with Crippen molar-refractivity contribution in [3.05, 3.63) is 76.6 Å². The molecule has 0 bridgehead atoms. The van der Waals surface area contributed by atoms with Crippen LogP contribution in [0.3, 0.4) is 0 Å². The topological polar surface area (TPSA) is 59.4 Å². The van der Waals surface area contributed by atoms with E-state index in [2.05, 4.69) is 23.2 Å². The molecule has 6 heteroatoms. The molecule has 2 heterocycles. The highest BCUT2D eigenvalue weighted by molar-refractivity contribution is 5.84. The molecule has 30 heavy (non-hydrogen) atoms. The SMILES string of the molecule is COc1ccc(C)cc1CN1CCNC(=O)[C@@H]1c1c(C)nn(-c2ccccc2)c1C. The molecule has 1 aliphatic rings. The average Bonchev–Trinajstić information content (AvgIpc) is 3.03. The van der Waals surface area contributed by atoms with Gasteiger partial charge in [0.05, 0.1) is 18.5 Å². The number of ether oxygens (including phenoxy) is 1. The number of aryl methyl sites for hydroxylation is 2. The Morgan fingerprint density at radius 2 is 1.90 bits per heavy atom. The molecule has 1 amide bonds. The van der Waals surface area contributed by atoms with Gasteiger partial charge in [0.25, 0.3) is 0 Å². The summed E-state index contributed by atoms with van der Waals surface area (Å²) in [6, 6.07) is 15.8. The standard InChI is InChI=1S/C24H28N4O2/c1-16-10-11-21(30-4)19(14-16)15-27-13-12-25-24(29)23(27)22-17(2)26-28(18(22)3)20-8-6-5-7-9-20/h5-11,14,23H,12-13,15H2,1-4H3,(H,25,29)/t23-/m0/s1. The zero-order valence-corrected chi connectivity index (χ0v) is 18.0. The Hall–Kier alpha value is -3.12. The molecule has 0 aliphatic carbocycles. The van der Waals surface area contributed by atoms with Crippen molar-refractivity contribution < 1.29 is 9.53 Å². The van der Waals surface area contributed by atoms with Gasteiger partial charge in [-0.1, -0.05) is 35.9 Å². The molecule has 6 nitrogen and oxygen atoms in total. The number of benzene rings is 2. The minimum Gasteiger partial charge on any atom is -0.496 e. The molecule has 1 atom stereocenters. The van der Waals surface area contributed by atoms with Gasteiger partial charge in [0, 0.05) is 36.5 Å². The fourth-order valence-electron chi connectivity index (χ4n) is 4.32. The summed E-state index contributed by atoms with van der Waals surface area (Å²) in [5, 5.41) is 7.81. The third-order valence-electron chi connectivity index (χ3n) is 5.74. The molecule has 0 spiro atoms. The van der Waals surface area contributed by atoms with E-state index in [0.29, 0.717) is 13.1 Å². The molecule has 1 N–H and O–H groups in total. The van der Waals surface area contributed by atoms with Crippen LogP contribution < -0.4 is 10.1 Å². The predicted octanol–water partition coefficient (Wildman–Crippen LogP) is 3.48. The highest BCUT2D eigenvalue weighted by Gasteiger charge is 2.35. The average molecular weight is 405 g/mol. The van der Waals surface area contributed by atoms with E-state index in [-0.39, 0.29) is 11.9 Å². The van der Waals surface area contributed by atoms with Gasteiger partial charge in [0.1, 0.15) is 11.8 Å². The predicted molar refractivity (Wildman–Crippen MR) is 117 cm³/mol. The van der Waals surface area contributed by atoms with Crippen molar-refractivity contribution in [1.29, 1.82) is 0 Å². The van der Waals surface area contributed by atoms with Crippen LogP contribution in [0, 0.1) is 20.8 Å². The number of hydrogen-bond acceptors (Lipinski definition) is 4. The Bertz CT molecular complexity index is 1060. The maximum absolute atomic E-state index is 13.0. The minimum atomic E-state index is -0.388. The fraction of sp³-hybridized carbons (Fsp3) is 0.333. The zero-order chi connectivity index (χ0) is 21.3. The minimum absolute atomic E-state index is 0.0201. The van der Waals surface area contributed by atoms with Gasteiger partial charge in [0.2, 0.25) is 5.91 Å². The molecule has 0 saturated carbocycles. The van der Waals surface area contributed by atoms with E-state index in [1.54, 1.807) is 7.11 Å². The van der Waals surface area contributed by atoms with Crippen molar-refractivity contribution in [2.45, 2.75) is 33.4 Å². The second kappa shape index (κ2) is 8.32. The van der Waals surface area contributed by atoms with Crippen LogP contribution in [0.5, 0.6) is 5.75 Å². The van der Waals surface area contributed by atoms with Crippen molar-refractivity contribution in [1.82, 2.24) is 20.0 Å². The van der Waals surface area contributed by atoms with E-state index in [9.17, 15) is 4.79 Å². The fourth-order valence-corrected chi connectivity index (χ4v) is 4.32. The normalized spacial score (nSPS) is 17.1. The van der Waals surface area contributed by atoms with Crippen LogP contribution in [0.25, 0.3) is 5.69 Å². The smallest absolute Gasteiger partial charge is 0.242 e. The quantitative estimate of drug-likeness (QED) is 0.707. The van der Waals surface area contributed by atoms with Crippen molar-refractivity contribution in [3.8, 4) is 11.4 Å². The Morgan fingerprint density at radius 3 is 2.63 bits per heavy atom. The monoisotopic (exact) mass is 404 g/mol. The van der Waals surface area contributed by atoms with E-state index in [1.807, 2.05) is 61.0 Å². The van der Waals surface area contributed by atoms with E-state index in [0.717, 1.165) is 40.5 Å². The van der Waals surface area contributed by atoms with Gasteiger partial charge >= 0.3 is 0 Å². The first kappa shape index (κ1) is 20.2. The van der Waals surface area contributed by atoms with Gasteiger partial charge in [0.15, 0.2) is 0 Å². The number of rotatable bonds is 5. The number of piperazine rings is 1. The summed E-state index contributed by atoms with van der Waals surface area (Å²) in [6.45, 7) is 8.13. The van der Waals surface area contributed by atoms with Gasteiger partial charge in [-0.2, -0.15) is 5.10 Å². The highest BCUT2D eigenvalue weighted by atomic mass is 16.5. The lowest BCUT2D eigenvalue weighted by Gasteiger charge is -2.35. The number of nitrogens with zero attached hydrogens (tertiary/aromatic N) is 3. The molecule has 156 valence electrons. The summed E-state index contributed by atoms with van der Waals surface area (Å²) in [4.78, 5) is 15.3. The Morgan fingerprint density at radius 1 is 1.13 bits per heavy atom. The first-order valence-electron chi connectivity index (χ1n) is 10.3. The van der Waals surface area contributed by atoms with Gasteiger partial charge in [-0.15, -0.1) is 0 Å². The van der Waals surface area contributed by atoms with Gasteiger partial charge in [-0.25, -0.2) is 4.68 Å². The van der Waals surface area contributed by atoms with Crippen molar-refractivity contribution in [2.75, 3.05) is 20.2 Å². The number of amides is 1. The number of methoxy groups -OCH3 is 1. The summed E-state index contributed by atoms with van der Waals surface area (Å²) in [5.41, 5.74) is 6.09. The number of carbonyl (C=O) groups is 1. The first-order valence-corrected chi connectivity index (χ1v) is 10.3. The lowest BCUT2D eigenvalue weighted by molar-refractivity contribution is -0.129. The van der Waals surface area contributed by atoms with Crippen LogP contribution in [0.4, 0.5) is 0 Å². The second-order valence-corrected chi connectivity index (χ2v) is 7.81. The number of nitrogens with one attached hydrogen (secondary N) is 1. The van der Waals surface area contributed by atoms with Crippen molar-refractivity contribution in [2.24, 2.45) is 0 Å². The number of aromatic nitrogens is 2. The molecule has 3 aromatic rings. The Labute approximate surface area is 177 Å². The van der Waals surface area contributed by atoms with E-state index >= 15 is 0 Å². The van der Waals surface area contributed by atoms with Crippen LogP contribution in [-0.2, 0) is 11.3 Å². The summed E-state index contributed by atoms with van der Waals surface area (Å²) in [7, 11) is 1.69. The maximum atomic E-state index is 13.0. The molecule has 2 aromatic carbocycles. The largest absolute Gasteiger partial charge is 0.496 e. The van der Waals surface area contributed by atoms with Crippen LogP contribution in [0.2, 0.25) is 0 Å². The molecular formula is C24H28N4O2. The molecule has 0 radical (unpaired) electrons. The molecule has 1 fully saturated rings. The van der Waals surface area contributed by atoms with Crippen LogP contribution in [0.1, 0.15) is 34.1 Å². The van der Waals surface area contributed by atoms with Gasteiger partial charge in [-0.3, -0.25) is 9.69 Å². The van der Waals surface area contributed by atoms with Crippen LogP contribution in [0.15, 0.2) is 48.5 Å². The maximum Gasteiger partial charge on any atom is 0.242 e. The van der Waals surface area contributed by atoms with E-state index < -0.39 is 0 Å². The Balaban J connectivity index is 1.74. The third kappa shape index (κ3) is 3.71. The molecule has 4 rings (SSSR count). The third-order valence-corrected chi connectivity index (χ3v) is 5.74. The number of para-hydroxylation sites is 1. The number of hydrogen-bond donors (Lipinski definition) is 1. The highest BCUT2D eigenvalue weighted by Crippen LogP contribution is 2.33. The van der Waals surface area contributed by atoms with Crippen LogP contribution >= 0.6 is 0 Å². The number of carbonyl (C=O) groups excluding carboxylic acids is 1. The van der Waals surface area contributed by atoms with E-state index in [1.165, 1.54) is 5.56 Å². The summed E-state index contributed by atoms with van der Waals surface area (Å²) >= 11 is 0. The summed E-state index contributed by atoms with van der Waals surface area (Å²) < 4.78 is 7.50. The van der Waals surface area contributed by atoms with Crippen LogP contribution in [-0.4, -0.2) is 40.8 Å². The molecule has 1 aromatic heterocycles. The Kier molecular flexibility index (Phi) is 5.59. The lowest BCUT2D eigenvalue weighted by Crippen LogP contribution is -2.49. The second-order valence-electron chi connectivity index (χ2n) is 7.81. The molecule has 1 aliphatic heterocycles. The van der Waals surface area contributed by atoms with E-state index in [4.69, 9.17) is 9.84 Å². The van der Waals surface area contributed by atoms with Gasteiger partial charge < -0.3 is 10.1 Å². The van der Waals surface area contributed by atoms with Gasteiger partial charge in [-0.05, 0) is 39.0 Å². The van der Waals surface area contributed by atoms with Crippen molar-refractivity contribution in [3.63, 3.8) is 0 Å². The summed E-state index contributed by atoms with van der Waals surface area (Å²) in [6.07, 6.45) is 0. The molecular weight excluding hydrogens is 376 g/mol. The molecule has 1 saturated heterocycles. The summed E-state index contributed by atoms with van der Waals surface area (Å²) in [5.74, 6) is 0.866. The van der Waals surface area contributed by atoms with Crippen molar-refractivity contribution >= 4 is 5.91 Å².